The fourth-order valence-corrected chi connectivity index (χ4v) is 5.61. The van der Waals surface area contributed by atoms with Crippen LogP contribution in [0, 0.1) is 29.4 Å². The van der Waals surface area contributed by atoms with Gasteiger partial charge in [0, 0.05) is 5.56 Å². The normalized spacial score (nSPS) is 25.5. The highest BCUT2D eigenvalue weighted by Crippen LogP contribution is 2.41. The van der Waals surface area contributed by atoms with Crippen molar-refractivity contribution in [3.8, 4) is 16.9 Å². The predicted octanol–water partition coefficient (Wildman–Crippen LogP) is 8.27. The van der Waals surface area contributed by atoms with Crippen molar-refractivity contribution >= 4 is 0 Å². The van der Waals surface area contributed by atoms with Crippen LogP contribution in [-0.4, -0.2) is 13.2 Å². The summed E-state index contributed by atoms with van der Waals surface area (Å²) in [5, 5.41) is 0. The van der Waals surface area contributed by atoms with E-state index in [2.05, 4.69) is 6.58 Å². The van der Waals surface area contributed by atoms with Crippen molar-refractivity contribution in [3.63, 3.8) is 0 Å². The lowest BCUT2D eigenvalue weighted by Crippen LogP contribution is -2.29. The number of rotatable bonds is 8. The molecule has 2 fully saturated rings. The highest BCUT2D eigenvalue weighted by atomic mass is 19.2. The molecule has 1 saturated heterocycles. The number of halogens is 2. The molecule has 1 aliphatic carbocycles. The Kier molecular flexibility index (Phi) is 8.19. The van der Waals surface area contributed by atoms with Crippen LogP contribution in [0.4, 0.5) is 8.78 Å². The molecule has 0 radical (unpaired) electrons. The van der Waals surface area contributed by atoms with Crippen molar-refractivity contribution < 1.29 is 18.3 Å². The van der Waals surface area contributed by atoms with Crippen molar-refractivity contribution in [2.24, 2.45) is 17.8 Å². The summed E-state index contributed by atoms with van der Waals surface area (Å²) in [6, 6.07) is 10.7. The summed E-state index contributed by atoms with van der Waals surface area (Å²) in [7, 11) is 0. The SMILES string of the molecule is C=CCCC1CCC(C2CCC(c3ccc(-c4ccc(OCC)c(F)c4F)cc3)OC2)CC1. The third kappa shape index (κ3) is 5.66. The molecule has 2 aliphatic rings. The van der Waals surface area contributed by atoms with E-state index in [1.165, 1.54) is 44.6 Å². The molecule has 0 aromatic heterocycles. The average Bonchev–Trinajstić information content (AvgIpc) is 2.86. The number of allylic oxidation sites excluding steroid dienone is 1. The topological polar surface area (TPSA) is 18.5 Å². The Labute approximate surface area is 197 Å². The second kappa shape index (κ2) is 11.3. The summed E-state index contributed by atoms with van der Waals surface area (Å²) >= 11 is 0. The van der Waals surface area contributed by atoms with Gasteiger partial charge in [0.05, 0.1) is 19.3 Å². The first-order chi connectivity index (χ1) is 16.1. The first-order valence-corrected chi connectivity index (χ1v) is 12.5. The molecule has 2 nitrogen and oxygen atoms in total. The first kappa shape index (κ1) is 23.9. The van der Waals surface area contributed by atoms with Crippen LogP contribution in [0.25, 0.3) is 11.1 Å². The van der Waals surface area contributed by atoms with Crippen molar-refractivity contribution in [2.75, 3.05) is 13.2 Å². The Morgan fingerprint density at radius 2 is 1.67 bits per heavy atom. The van der Waals surface area contributed by atoms with Gasteiger partial charge in [-0.15, -0.1) is 6.58 Å². The van der Waals surface area contributed by atoms with Crippen LogP contribution in [0.15, 0.2) is 49.1 Å². The summed E-state index contributed by atoms with van der Waals surface area (Å²) in [5.41, 5.74) is 2.01. The summed E-state index contributed by atoms with van der Waals surface area (Å²) < 4.78 is 40.2. The predicted molar refractivity (Wildman–Crippen MR) is 129 cm³/mol. The highest BCUT2D eigenvalue weighted by Gasteiger charge is 2.31. The van der Waals surface area contributed by atoms with Crippen LogP contribution in [0.5, 0.6) is 5.75 Å². The summed E-state index contributed by atoms with van der Waals surface area (Å²) in [6.07, 6.45) is 12.1. The molecule has 33 heavy (non-hydrogen) atoms. The van der Waals surface area contributed by atoms with E-state index >= 15 is 0 Å². The van der Waals surface area contributed by atoms with Gasteiger partial charge in [-0.1, -0.05) is 43.2 Å². The van der Waals surface area contributed by atoms with Gasteiger partial charge in [-0.2, -0.15) is 4.39 Å². The first-order valence-electron chi connectivity index (χ1n) is 12.5. The number of hydrogen-bond acceptors (Lipinski definition) is 2. The zero-order chi connectivity index (χ0) is 23.2. The van der Waals surface area contributed by atoms with E-state index in [0.717, 1.165) is 36.8 Å². The van der Waals surface area contributed by atoms with Gasteiger partial charge in [0.25, 0.3) is 0 Å². The smallest absolute Gasteiger partial charge is 0.201 e. The standard InChI is InChI=1S/C29H36F2O2/c1-3-5-6-20-7-9-21(10-8-20)24-15-17-26(33-19-24)23-13-11-22(12-14-23)25-16-18-27(32-4-2)29(31)28(25)30/h3,11-14,16,18,20-21,24,26H,1,4-10,15,17,19H2,2H3. The molecule has 1 saturated carbocycles. The molecule has 0 amide bonds. The van der Waals surface area contributed by atoms with Gasteiger partial charge in [0.2, 0.25) is 5.82 Å². The second-order valence-electron chi connectivity index (χ2n) is 9.60. The third-order valence-corrected chi connectivity index (χ3v) is 7.59. The molecular weight excluding hydrogens is 418 g/mol. The van der Waals surface area contributed by atoms with Crippen molar-refractivity contribution in [3.05, 3.63) is 66.3 Å². The quantitative estimate of drug-likeness (QED) is 0.374. The van der Waals surface area contributed by atoms with E-state index in [1.807, 2.05) is 30.3 Å². The molecule has 2 unspecified atom stereocenters. The van der Waals surface area contributed by atoms with Crippen LogP contribution in [-0.2, 0) is 4.74 Å². The maximum atomic E-state index is 14.5. The molecule has 1 heterocycles. The van der Waals surface area contributed by atoms with E-state index in [1.54, 1.807) is 13.0 Å². The molecule has 0 N–H and O–H groups in total. The van der Waals surface area contributed by atoms with Crippen molar-refractivity contribution in [2.45, 2.75) is 64.4 Å². The van der Waals surface area contributed by atoms with E-state index < -0.39 is 11.6 Å². The van der Waals surface area contributed by atoms with Crippen LogP contribution in [0.2, 0.25) is 0 Å². The molecule has 2 atom stereocenters. The molecule has 4 heteroatoms. The van der Waals surface area contributed by atoms with Crippen molar-refractivity contribution in [1.82, 2.24) is 0 Å². The van der Waals surface area contributed by atoms with E-state index in [-0.39, 0.29) is 17.4 Å². The fraction of sp³-hybridized carbons (Fsp3) is 0.517. The third-order valence-electron chi connectivity index (χ3n) is 7.59. The van der Waals surface area contributed by atoms with E-state index in [9.17, 15) is 8.78 Å². The zero-order valence-corrected chi connectivity index (χ0v) is 19.7. The van der Waals surface area contributed by atoms with Gasteiger partial charge in [-0.3, -0.25) is 0 Å². The van der Waals surface area contributed by atoms with Crippen LogP contribution in [0.1, 0.15) is 70.0 Å². The molecule has 4 rings (SSSR count). The summed E-state index contributed by atoms with van der Waals surface area (Å²) in [6.45, 7) is 6.72. The van der Waals surface area contributed by atoms with Gasteiger partial charge in [-0.25, -0.2) is 4.39 Å². The molecule has 2 aromatic rings. The summed E-state index contributed by atoms with van der Waals surface area (Å²) in [5.74, 6) is 0.488. The lowest BCUT2D eigenvalue weighted by atomic mass is 9.72. The maximum absolute atomic E-state index is 14.5. The van der Waals surface area contributed by atoms with Gasteiger partial charge < -0.3 is 9.47 Å². The largest absolute Gasteiger partial charge is 0.491 e. The lowest BCUT2D eigenvalue weighted by Gasteiger charge is -2.38. The number of hydrogen-bond donors (Lipinski definition) is 0. The minimum atomic E-state index is -0.935. The molecular formula is C29H36F2O2. The summed E-state index contributed by atoms with van der Waals surface area (Å²) in [4.78, 5) is 0. The molecule has 0 bridgehead atoms. The number of ether oxygens (including phenoxy) is 2. The van der Waals surface area contributed by atoms with Crippen LogP contribution >= 0.6 is 0 Å². The number of benzene rings is 2. The van der Waals surface area contributed by atoms with Crippen LogP contribution in [0.3, 0.4) is 0 Å². The van der Waals surface area contributed by atoms with Gasteiger partial charge in [0.15, 0.2) is 11.6 Å². The Balaban J connectivity index is 1.32. The average molecular weight is 455 g/mol. The van der Waals surface area contributed by atoms with E-state index in [0.29, 0.717) is 18.1 Å². The van der Waals surface area contributed by atoms with Gasteiger partial charge in [-0.05, 0) is 86.5 Å². The van der Waals surface area contributed by atoms with Crippen LogP contribution < -0.4 is 4.74 Å². The molecule has 0 spiro atoms. The zero-order valence-electron chi connectivity index (χ0n) is 19.7. The highest BCUT2D eigenvalue weighted by molar-refractivity contribution is 5.65. The molecule has 2 aromatic carbocycles. The Hall–Kier alpha value is -2.20. The Morgan fingerprint density at radius 3 is 2.30 bits per heavy atom. The molecule has 178 valence electrons. The minimum absolute atomic E-state index is 0.0502. The van der Waals surface area contributed by atoms with E-state index in [4.69, 9.17) is 9.47 Å². The fourth-order valence-electron chi connectivity index (χ4n) is 5.61. The van der Waals surface area contributed by atoms with Gasteiger partial charge in [0.1, 0.15) is 0 Å². The second-order valence-corrected chi connectivity index (χ2v) is 9.60. The Bertz CT molecular complexity index is 908. The maximum Gasteiger partial charge on any atom is 0.201 e. The minimum Gasteiger partial charge on any atom is -0.491 e. The van der Waals surface area contributed by atoms with Gasteiger partial charge >= 0.3 is 0 Å². The van der Waals surface area contributed by atoms with Crippen molar-refractivity contribution in [1.29, 1.82) is 0 Å². The lowest BCUT2D eigenvalue weighted by molar-refractivity contribution is -0.0404. The molecule has 1 aliphatic heterocycles. The Morgan fingerprint density at radius 1 is 0.939 bits per heavy atom. The monoisotopic (exact) mass is 454 g/mol.